The number of carbonyl (C=O) groups is 1. The fraction of sp³-hybridized carbons (Fsp3) is 0.435. The fourth-order valence-electron chi connectivity index (χ4n) is 4.65. The van der Waals surface area contributed by atoms with Crippen molar-refractivity contribution in [2.75, 3.05) is 35.0 Å². The Hall–Kier alpha value is -3.09. The summed E-state index contributed by atoms with van der Waals surface area (Å²) in [4.78, 5) is 14.8. The Balaban J connectivity index is 1.88. The number of carbonyl (C=O) groups excluding carboxylic acids is 1. The van der Waals surface area contributed by atoms with Crippen LogP contribution in [-0.2, 0) is 17.6 Å². The van der Waals surface area contributed by atoms with Gasteiger partial charge in [0.25, 0.3) is 0 Å². The van der Waals surface area contributed by atoms with E-state index in [1.54, 1.807) is 28.4 Å². The lowest BCUT2D eigenvalue weighted by Gasteiger charge is -2.47. The molecule has 0 unspecified atom stereocenters. The van der Waals surface area contributed by atoms with Gasteiger partial charge in [0.05, 0.1) is 47.1 Å². The molecule has 2 aliphatic heterocycles. The first kappa shape index (κ1) is 20.2. The van der Waals surface area contributed by atoms with Crippen molar-refractivity contribution in [2.45, 2.75) is 31.8 Å². The second-order valence-electron chi connectivity index (χ2n) is 7.36. The van der Waals surface area contributed by atoms with Crippen molar-refractivity contribution in [3.63, 3.8) is 0 Å². The van der Waals surface area contributed by atoms with Crippen molar-refractivity contribution in [1.82, 2.24) is 4.90 Å². The minimum Gasteiger partial charge on any atom is -0.493 e. The quantitative estimate of drug-likeness (QED) is 0.736. The molecular formula is C23H27NO6. The topological polar surface area (TPSA) is 66.5 Å². The highest BCUT2D eigenvalue weighted by molar-refractivity contribution is 5.72. The van der Waals surface area contributed by atoms with Gasteiger partial charge in [-0.3, -0.25) is 4.90 Å². The minimum absolute atomic E-state index is 0.164. The number of ether oxygens (including phenoxy) is 5. The zero-order chi connectivity index (χ0) is 21.4. The smallest absolute Gasteiger partial charge is 0.410 e. The number of nitrogens with zero attached hydrogens (tertiary/aromatic N) is 1. The highest BCUT2D eigenvalue weighted by Gasteiger charge is 2.44. The molecule has 160 valence electrons. The molecule has 2 heterocycles. The van der Waals surface area contributed by atoms with Crippen molar-refractivity contribution in [2.24, 2.45) is 0 Å². The van der Waals surface area contributed by atoms with Crippen LogP contribution in [0.1, 0.15) is 41.3 Å². The zero-order valence-corrected chi connectivity index (χ0v) is 18.0. The predicted octanol–water partition coefficient (Wildman–Crippen LogP) is 4.07. The largest absolute Gasteiger partial charge is 0.493 e. The first-order valence-corrected chi connectivity index (χ1v) is 10.0. The summed E-state index contributed by atoms with van der Waals surface area (Å²) >= 11 is 0. The van der Waals surface area contributed by atoms with Gasteiger partial charge in [0, 0.05) is 0 Å². The van der Waals surface area contributed by atoms with Crippen molar-refractivity contribution < 1.29 is 28.5 Å². The van der Waals surface area contributed by atoms with Gasteiger partial charge in [-0.2, -0.15) is 0 Å². The Bertz CT molecular complexity index is 903. The van der Waals surface area contributed by atoms with E-state index in [4.69, 9.17) is 23.7 Å². The van der Waals surface area contributed by atoms with Crippen molar-refractivity contribution in [1.29, 1.82) is 0 Å². The lowest BCUT2D eigenvalue weighted by atomic mass is 9.76. The third-order valence-electron chi connectivity index (χ3n) is 5.99. The van der Waals surface area contributed by atoms with Gasteiger partial charge in [0.2, 0.25) is 0 Å². The molecule has 30 heavy (non-hydrogen) atoms. The molecule has 1 amide bonds. The van der Waals surface area contributed by atoms with E-state index in [9.17, 15) is 4.79 Å². The zero-order valence-electron chi connectivity index (χ0n) is 18.0. The van der Waals surface area contributed by atoms with Crippen LogP contribution in [0.2, 0.25) is 0 Å². The Labute approximate surface area is 176 Å². The molecule has 0 spiro atoms. The van der Waals surface area contributed by atoms with E-state index in [1.165, 1.54) is 0 Å². The highest BCUT2D eigenvalue weighted by Crippen LogP contribution is 2.51. The minimum atomic E-state index is -0.312. The molecule has 2 bridgehead atoms. The molecule has 2 aromatic rings. The lowest BCUT2D eigenvalue weighted by Crippen LogP contribution is -2.46. The molecule has 0 saturated heterocycles. The maximum absolute atomic E-state index is 13.0. The Morgan fingerprint density at radius 2 is 1.20 bits per heavy atom. The molecule has 7 heteroatoms. The summed E-state index contributed by atoms with van der Waals surface area (Å²) in [6.07, 6.45) is 0.981. The average molecular weight is 413 g/mol. The molecule has 0 fully saturated rings. The van der Waals surface area contributed by atoms with Gasteiger partial charge in [0.1, 0.15) is 0 Å². The van der Waals surface area contributed by atoms with E-state index in [1.807, 2.05) is 36.1 Å². The summed E-state index contributed by atoms with van der Waals surface area (Å²) in [5.74, 6) is 2.67. The normalized spacial score (nSPS) is 18.8. The number of benzene rings is 2. The molecule has 2 atom stereocenters. The van der Waals surface area contributed by atoms with Crippen LogP contribution in [0.5, 0.6) is 23.0 Å². The third kappa shape index (κ3) is 3.09. The van der Waals surface area contributed by atoms with E-state index in [0.717, 1.165) is 22.3 Å². The molecule has 0 aromatic heterocycles. The molecule has 0 aliphatic carbocycles. The monoisotopic (exact) mass is 413 g/mol. The predicted molar refractivity (Wildman–Crippen MR) is 111 cm³/mol. The van der Waals surface area contributed by atoms with Crippen LogP contribution in [0.15, 0.2) is 24.3 Å². The van der Waals surface area contributed by atoms with Crippen LogP contribution in [-0.4, -0.2) is 46.0 Å². The summed E-state index contributed by atoms with van der Waals surface area (Å²) in [6.45, 7) is 2.15. The van der Waals surface area contributed by atoms with E-state index in [0.29, 0.717) is 42.4 Å². The van der Waals surface area contributed by atoms with E-state index < -0.39 is 0 Å². The number of hydrogen-bond donors (Lipinski definition) is 0. The maximum atomic E-state index is 13.0. The van der Waals surface area contributed by atoms with Gasteiger partial charge in [-0.1, -0.05) is 0 Å². The number of methoxy groups -OCH3 is 4. The first-order chi connectivity index (χ1) is 14.6. The second-order valence-corrected chi connectivity index (χ2v) is 7.36. The van der Waals surface area contributed by atoms with Crippen LogP contribution in [0, 0.1) is 0 Å². The van der Waals surface area contributed by atoms with Crippen LogP contribution in [0.4, 0.5) is 4.79 Å². The number of rotatable bonds is 5. The number of fused-ring (bicyclic) bond motifs is 6. The molecule has 7 nitrogen and oxygen atoms in total. The Kier molecular flexibility index (Phi) is 5.37. The molecule has 4 rings (SSSR count). The molecule has 2 aromatic carbocycles. The second kappa shape index (κ2) is 7.97. The van der Waals surface area contributed by atoms with Crippen LogP contribution < -0.4 is 18.9 Å². The molecular weight excluding hydrogens is 386 g/mol. The Morgan fingerprint density at radius 1 is 0.800 bits per heavy atom. The summed E-state index contributed by atoms with van der Waals surface area (Å²) in [5.41, 5.74) is 4.39. The first-order valence-electron chi connectivity index (χ1n) is 10.0. The lowest BCUT2D eigenvalue weighted by molar-refractivity contribution is 0.0558. The molecule has 2 aliphatic rings. The van der Waals surface area contributed by atoms with Crippen LogP contribution in [0.3, 0.4) is 0 Å². The van der Waals surface area contributed by atoms with Gasteiger partial charge in [-0.05, 0) is 66.3 Å². The van der Waals surface area contributed by atoms with Crippen molar-refractivity contribution in [3.8, 4) is 23.0 Å². The average Bonchev–Trinajstić information content (AvgIpc) is 2.77. The molecule has 0 radical (unpaired) electrons. The summed E-state index contributed by atoms with van der Waals surface area (Å²) < 4.78 is 27.5. The van der Waals surface area contributed by atoms with E-state index >= 15 is 0 Å². The summed E-state index contributed by atoms with van der Waals surface area (Å²) in [7, 11) is 6.50. The summed E-state index contributed by atoms with van der Waals surface area (Å²) in [6, 6.07) is 7.66. The Morgan fingerprint density at radius 3 is 1.57 bits per heavy atom. The molecule has 0 N–H and O–H groups in total. The molecule has 0 saturated carbocycles. The standard InChI is InChI=1S/C23H27NO6/c1-6-30-23(25)24-17-7-13-9-19(26-2)21(28-4)11-15(13)18(24)8-14-10-20(27-3)22(29-5)12-16(14)17/h9-12,17-18H,6-8H2,1-5H3/t17-,18-/m1/s1. The van der Waals surface area contributed by atoms with Gasteiger partial charge in [-0.25, -0.2) is 4.79 Å². The van der Waals surface area contributed by atoms with Crippen LogP contribution in [0.25, 0.3) is 0 Å². The number of amides is 1. The maximum Gasteiger partial charge on any atom is 0.410 e. The van der Waals surface area contributed by atoms with E-state index in [2.05, 4.69) is 0 Å². The third-order valence-corrected chi connectivity index (χ3v) is 5.99. The van der Waals surface area contributed by atoms with Crippen molar-refractivity contribution >= 4 is 6.09 Å². The SMILES string of the molecule is CCOC(=O)N1[C@@H]2Cc3cc(OC)c(OC)cc3[C@H]1Cc1cc(OC)c(OC)cc12. The van der Waals surface area contributed by atoms with Gasteiger partial charge in [-0.15, -0.1) is 0 Å². The van der Waals surface area contributed by atoms with Gasteiger partial charge >= 0.3 is 6.09 Å². The number of hydrogen-bond acceptors (Lipinski definition) is 6. The van der Waals surface area contributed by atoms with Crippen LogP contribution >= 0.6 is 0 Å². The fourth-order valence-corrected chi connectivity index (χ4v) is 4.65. The highest BCUT2D eigenvalue weighted by atomic mass is 16.6. The van der Waals surface area contributed by atoms with Crippen molar-refractivity contribution in [3.05, 3.63) is 46.5 Å². The summed E-state index contributed by atoms with van der Waals surface area (Å²) in [5, 5.41) is 0. The van der Waals surface area contributed by atoms with Gasteiger partial charge in [0.15, 0.2) is 23.0 Å². The van der Waals surface area contributed by atoms with Gasteiger partial charge < -0.3 is 23.7 Å². The van der Waals surface area contributed by atoms with E-state index in [-0.39, 0.29) is 18.2 Å².